The fraction of sp³-hybridized carbons (Fsp3) is 0.381. The molecule has 0 bridgehead atoms. The molecule has 2 saturated heterocycles. The highest BCUT2D eigenvalue weighted by Gasteiger charge is 2.50. The Morgan fingerprint density at radius 1 is 1.06 bits per heavy atom. The number of nitrogens with zero attached hydrogens (tertiary/aromatic N) is 4. The Morgan fingerprint density at radius 3 is 2.29 bits per heavy atom. The molecular weight excluding hydrogens is 459 g/mol. The molecule has 0 unspecified atom stereocenters. The Hall–Kier alpha value is -2.00. The Morgan fingerprint density at radius 2 is 1.74 bits per heavy atom. The van der Waals surface area contributed by atoms with Gasteiger partial charge >= 0.3 is 0 Å². The number of aromatic nitrogens is 3. The zero-order chi connectivity index (χ0) is 21.8. The summed E-state index contributed by atoms with van der Waals surface area (Å²) in [6, 6.07) is 3.57. The third kappa shape index (κ3) is 3.36. The third-order valence-electron chi connectivity index (χ3n) is 5.71. The number of anilines is 1. The van der Waals surface area contributed by atoms with Crippen LogP contribution in [0.15, 0.2) is 23.5 Å². The number of methoxy groups -OCH3 is 2. The van der Waals surface area contributed by atoms with Crippen molar-refractivity contribution >= 4 is 51.7 Å². The van der Waals surface area contributed by atoms with E-state index in [9.17, 15) is 0 Å². The molecule has 0 N–H and O–H groups in total. The van der Waals surface area contributed by atoms with Gasteiger partial charge in [0.15, 0.2) is 11.0 Å². The largest absolute Gasteiger partial charge is 0.495 e. The Kier molecular flexibility index (Phi) is 5.29. The summed E-state index contributed by atoms with van der Waals surface area (Å²) < 4.78 is 16.3. The molecule has 162 valence electrons. The van der Waals surface area contributed by atoms with Crippen LogP contribution in [0.5, 0.6) is 11.5 Å². The summed E-state index contributed by atoms with van der Waals surface area (Å²) in [5, 5.41) is 2.31. The summed E-state index contributed by atoms with van der Waals surface area (Å²) in [6.45, 7) is 3.33. The van der Waals surface area contributed by atoms with Crippen LogP contribution in [0.3, 0.4) is 0 Å². The van der Waals surface area contributed by atoms with Gasteiger partial charge in [-0.25, -0.2) is 15.0 Å². The van der Waals surface area contributed by atoms with Crippen molar-refractivity contribution in [1.29, 1.82) is 0 Å². The van der Waals surface area contributed by atoms with Crippen LogP contribution < -0.4 is 14.4 Å². The maximum Gasteiger partial charge on any atom is 0.187 e. The highest BCUT2D eigenvalue weighted by atomic mass is 35.5. The van der Waals surface area contributed by atoms with Gasteiger partial charge in [-0.1, -0.05) is 35.0 Å². The monoisotopic (exact) mass is 478 g/mol. The molecule has 5 rings (SSSR count). The van der Waals surface area contributed by atoms with Crippen molar-refractivity contribution in [3.05, 3.63) is 28.4 Å². The number of thioether (sulfide) groups is 1. The molecule has 1 aromatic carbocycles. The maximum atomic E-state index is 6.66. The van der Waals surface area contributed by atoms with E-state index < -0.39 is 0 Å². The molecule has 4 heterocycles. The minimum Gasteiger partial charge on any atom is -0.495 e. The molecule has 0 atom stereocenters. The van der Waals surface area contributed by atoms with Gasteiger partial charge in [0.2, 0.25) is 0 Å². The van der Waals surface area contributed by atoms with Crippen molar-refractivity contribution in [2.45, 2.75) is 5.16 Å². The lowest BCUT2D eigenvalue weighted by atomic mass is 9.78. The molecule has 7 nitrogen and oxygen atoms in total. The Bertz CT molecular complexity index is 1150. The molecule has 2 aliphatic rings. The van der Waals surface area contributed by atoms with Crippen LogP contribution in [0.2, 0.25) is 10.0 Å². The second kappa shape index (κ2) is 7.85. The van der Waals surface area contributed by atoms with E-state index in [2.05, 4.69) is 9.88 Å². The van der Waals surface area contributed by atoms with Gasteiger partial charge < -0.3 is 19.1 Å². The van der Waals surface area contributed by atoms with Gasteiger partial charge in [-0.15, -0.1) is 0 Å². The van der Waals surface area contributed by atoms with Crippen molar-refractivity contribution in [1.82, 2.24) is 15.0 Å². The lowest BCUT2D eigenvalue weighted by Gasteiger charge is -2.55. The van der Waals surface area contributed by atoms with Crippen LogP contribution in [-0.2, 0) is 4.74 Å². The molecule has 1 spiro atoms. The first kappa shape index (κ1) is 20.9. The summed E-state index contributed by atoms with van der Waals surface area (Å²) in [5.41, 5.74) is 2.20. The minimum atomic E-state index is 0.230. The molecule has 0 saturated carbocycles. The summed E-state index contributed by atoms with van der Waals surface area (Å²) in [6.07, 6.45) is 3.76. The molecular formula is C21H20Cl2N4O3S. The average molecular weight is 479 g/mol. The van der Waals surface area contributed by atoms with Crippen molar-refractivity contribution < 1.29 is 14.2 Å². The Balaban J connectivity index is 1.70. The number of halogens is 2. The van der Waals surface area contributed by atoms with Gasteiger partial charge in [-0.2, -0.15) is 0 Å². The molecule has 2 aromatic heterocycles. The maximum absolute atomic E-state index is 6.66. The van der Waals surface area contributed by atoms with Gasteiger partial charge in [0.05, 0.1) is 48.6 Å². The fourth-order valence-electron chi connectivity index (χ4n) is 4.05. The fourth-order valence-corrected chi connectivity index (χ4v) is 5.09. The normalized spacial score (nSPS) is 16.9. The van der Waals surface area contributed by atoms with Crippen LogP contribution in [0.25, 0.3) is 22.2 Å². The molecule has 0 aliphatic carbocycles. The Labute approximate surface area is 194 Å². The second-order valence-electron chi connectivity index (χ2n) is 7.76. The number of benzene rings is 1. The standard InChI is InChI=1S/C21H20Cl2N4O3S/c1-28-13-5-14(29-2)17(23)15(16(13)22)12-4-11-6-24-20(31-3)26-18(11)19(25-12)27-7-21(8-27)9-30-10-21/h4-6H,7-10H2,1-3H3. The van der Waals surface area contributed by atoms with E-state index in [0.29, 0.717) is 38.0 Å². The van der Waals surface area contributed by atoms with E-state index in [-0.39, 0.29) is 5.41 Å². The highest BCUT2D eigenvalue weighted by molar-refractivity contribution is 7.98. The van der Waals surface area contributed by atoms with E-state index >= 15 is 0 Å². The summed E-state index contributed by atoms with van der Waals surface area (Å²) in [4.78, 5) is 16.4. The minimum absolute atomic E-state index is 0.230. The number of pyridine rings is 1. The van der Waals surface area contributed by atoms with E-state index in [1.54, 1.807) is 20.3 Å². The number of rotatable bonds is 5. The molecule has 2 aliphatic heterocycles. The first-order valence-corrected chi connectivity index (χ1v) is 11.6. The van der Waals surface area contributed by atoms with Gasteiger partial charge in [-0.3, -0.25) is 0 Å². The molecule has 3 aromatic rings. The summed E-state index contributed by atoms with van der Waals surface area (Å²) >= 11 is 14.8. The number of ether oxygens (including phenoxy) is 3. The number of fused-ring (bicyclic) bond motifs is 1. The van der Waals surface area contributed by atoms with E-state index in [1.165, 1.54) is 11.8 Å². The van der Waals surface area contributed by atoms with Crippen molar-refractivity contribution in [3.8, 4) is 22.8 Å². The quantitative estimate of drug-likeness (QED) is 0.389. The first-order chi connectivity index (χ1) is 15.0. The van der Waals surface area contributed by atoms with Gasteiger partial charge in [-0.05, 0) is 12.3 Å². The van der Waals surface area contributed by atoms with E-state index in [0.717, 1.165) is 43.0 Å². The molecule has 31 heavy (non-hydrogen) atoms. The lowest BCUT2D eigenvalue weighted by Crippen LogP contribution is -2.66. The average Bonchev–Trinajstić information content (AvgIpc) is 2.71. The van der Waals surface area contributed by atoms with Crippen LogP contribution in [0.1, 0.15) is 0 Å². The first-order valence-electron chi connectivity index (χ1n) is 9.63. The van der Waals surface area contributed by atoms with Crippen LogP contribution >= 0.6 is 35.0 Å². The second-order valence-corrected chi connectivity index (χ2v) is 9.29. The van der Waals surface area contributed by atoms with Crippen LogP contribution in [-0.4, -0.2) is 61.7 Å². The number of hydrogen-bond donors (Lipinski definition) is 0. The predicted octanol–water partition coefficient (Wildman–Crippen LogP) is 4.57. The van der Waals surface area contributed by atoms with Crippen molar-refractivity contribution in [3.63, 3.8) is 0 Å². The van der Waals surface area contributed by atoms with E-state index in [1.807, 2.05) is 18.5 Å². The topological polar surface area (TPSA) is 69.6 Å². The molecule has 10 heteroatoms. The molecule has 0 radical (unpaired) electrons. The van der Waals surface area contributed by atoms with Crippen LogP contribution in [0, 0.1) is 5.41 Å². The summed E-state index contributed by atoms with van der Waals surface area (Å²) in [5.74, 6) is 1.71. The molecule has 0 amide bonds. The third-order valence-corrected chi connectivity index (χ3v) is 7.02. The van der Waals surface area contributed by atoms with Crippen molar-refractivity contribution in [2.24, 2.45) is 5.41 Å². The zero-order valence-electron chi connectivity index (χ0n) is 17.2. The number of hydrogen-bond acceptors (Lipinski definition) is 8. The van der Waals surface area contributed by atoms with Gasteiger partial charge in [0, 0.05) is 36.3 Å². The lowest BCUT2D eigenvalue weighted by molar-refractivity contribution is -0.127. The van der Waals surface area contributed by atoms with Gasteiger partial charge in [0.25, 0.3) is 0 Å². The van der Waals surface area contributed by atoms with Crippen LogP contribution in [0.4, 0.5) is 5.82 Å². The van der Waals surface area contributed by atoms with E-state index in [4.69, 9.17) is 47.4 Å². The van der Waals surface area contributed by atoms with Crippen molar-refractivity contribution in [2.75, 3.05) is 51.7 Å². The predicted molar refractivity (Wildman–Crippen MR) is 123 cm³/mol. The van der Waals surface area contributed by atoms with Gasteiger partial charge in [0.1, 0.15) is 17.0 Å². The smallest absolute Gasteiger partial charge is 0.187 e. The zero-order valence-corrected chi connectivity index (χ0v) is 19.6. The highest BCUT2D eigenvalue weighted by Crippen LogP contribution is 2.47. The molecule has 2 fully saturated rings. The SMILES string of the molecule is COc1cc(OC)c(Cl)c(-c2cc3cnc(SC)nc3c(N3CC4(COC4)C3)n2)c1Cl. The summed E-state index contributed by atoms with van der Waals surface area (Å²) in [7, 11) is 3.10.